The van der Waals surface area contributed by atoms with Gasteiger partial charge in [0.05, 0.1) is 23.9 Å². The van der Waals surface area contributed by atoms with Crippen LogP contribution >= 0.6 is 27.5 Å². The molecule has 0 unspecified atom stereocenters. The number of aryl methyl sites for hydroxylation is 1. The van der Waals surface area contributed by atoms with Crippen molar-refractivity contribution in [3.05, 3.63) is 80.8 Å². The van der Waals surface area contributed by atoms with E-state index in [2.05, 4.69) is 26.6 Å². The summed E-state index contributed by atoms with van der Waals surface area (Å²) in [6, 6.07) is 13.7. The Morgan fingerprint density at radius 3 is 2.46 bits per heavy atom. The smallest absolute Gasteiger partial charge is 0.335 e. The summed E-state index contributed by atoms with van der Waals surface area (Å²) in [7, 11) is 1.49. The molecule has 0 atom stereocenters. The molecule has 10 nitrogen and oxygen atoms in total. The molecule has 212 valence electrons. The van der Waals surface area contributed by atoms with E-state index in [0.717, 1.165) is 10.5 Å². The molecule has 0 spiro atoms. The third-order valence-electron chi connectivity index (χ3n) is 5.88. The molecular formula is C29H25BrClN3O7. The van der Waals surface area contributed by atoms with Crippen molar-refractivity contribution >= 4 is 68.7 Å². The Bertz CT molecular complexity index is 1560. The van der Waals surface area contributed by atoms with Gasteiger partial charge in [0.2, 0.25) is 0 Å². The number of benzene rings is 3. The van der Waals surface area contributed by atoms with Crippen molar-refractivity contribution < 1.29 is 33.4 Å². The van der Waals surface area contributed by atoms with Crippen LogP contribution < -0.4 is 29.7 Å². The predicted molar refractivity (Wildman–Crippen MR) is 158 cm³/mol. The lowest BCUT2D eigenvalue weighted by atomic mass is 10.1. The summed E-state index contributed by atoms with van der Waals surface area (Å²) in [4.78, 5) is 51.8. The molecular weight excluding hydrogens is 618 g/mol. The molecule has 0 aromatic heterocycles. The summed E-state index contributed by atoms with van der Waals surface area (Å²) in [6.45, 7) is 3.57. The second-order valence-electron chi connectivity index (χ2n) is 8.72. The zero-order valence-corrected chi connectivity index (χ0v) is 24.6. The van der Waals surface area contributed by atoms with E-state index in [1.807, 2.05) is 6.92 Å². The molecule has 1 fully saturated rings. The fraction of sp³-hybridized carbons (Fsp3) is 0.172. The first-order chi connectivity index (χ1) is 19.6. The monoisotopic (exact) mass is 641 g/mol. The van der Waals surface area contributed by atoms with E-state index in [0.29, 0.717) is 26.5 Å². The summed E-state index contributed by atoms with van der Waals surface area (Å²) in [5.41, 5.74) is 1.82. The maximum atomic E-state index is 13.3. The minimum Gasteiger partial charge on any atom is -0.497 e. The van der Waals surface area contributed by atoms with E-state index in [-0.39, 0.29) is 36.0 Å². The molecule has 0 bridgehead atoms. The van der Waals surface area contributed by atoms with Gasteiger partial charge in [0.25, 0.3) is 17.7 Å². The third-order valence-corrected chi connectivity index (χ3v) is 6.87. The predicted octanol–water partition coefficient (Wildman–Crippen LogP) is 5.50. The SMILES string of the molecule is CCOc1cc(/C=C2\C(=O)NC(=O)N(c3ccc(OC)cc3)C2=O)cc(Br)c1OCC(=O)Nc1ccc(C)c(Cl)c1. The van der Waals surface area contributed by atoms with E-state index in [9.17, 15) is 19.2 Å². The molecule has 3 aromatic rings. The van der Waals surface area contributed by atoms with Crippen molar-refractivity contribution in [1.82, 2.24) is 5.32 Å². The van der Waals surface area contributed by atoms with Gasteiger partial charge in [0.1, 0.15) is 11.3 Å². The number of ether oxygens (including phenoxy) is 3. The number of amides is 5. The Labute approximate surface area is 249 Å². The standard InChI is InChI=1S/C29H25BrClN3O7/c1-4-40-24-13-17(12-22(30)26(24)41-15-25(35)32-18-6-5-16(2)23(31)14-18)11-21-27(36)33-29(38)34(28(21)37)19-7-9-20(39-3)10-8-19/h5-14H,4,15H2,1-3H3,(H,32,35)(H,33,36,38)/b21-11+. The molecule has 0 saturated carbocycles. The number of halogens is 2. The topological polar surface area (TPSA) is 123 Å². The molecule has 0 aliphatic carbocycles. The van der Waals surface area contributed by atoms with Crippen molar-refractivity contribution in [3.8, 4) is 17.2 Å². The molecule has 1 aliphatic rings. The Kier molecular flexibility index (Phi) is 9.31. The van der Waals surface area contributed by atoms with E-state index in [4.69, 9.17) is 25.8 Å². The van der Waals surface area contributed by atoms with Crippen LogP contribution in [0, 0.1) is 6.92 Å². The number of carbonyl (C=O) groups is 4. The third kappa shape index (κ3) is 6.87. The number of barbiturate groups is 1. The van der Waals surface area contributed by atoms with Gasteiger partial charge in [-0.3, -0.25) is 19.7 Å². The maximum Gasteiger partial charge on any atom is 0.335 e. The van der Waals surface area contributed by atoms with Crippen LogP contribution in [0.1, 0.15) is 18.1 Å². The fourth-order valence-corrected chi connectivity index (χ4v) is 4.62. The maximum absolute atomic E-state index is 13.3. The molecule has 2 N–H and O–H groups in total. The summed E-state index contributed by atoms with van der Waals surface area (Å²) >= 11 is 9.55. The van der Waals surface area contributed by atoms with Gasteiger partial charge in [-0.05, 0) is 95.5 Å². The number of hydrogen-bond acceptors (Lipinski definition) is 7. The zero-order chi connectivity index (χ0) is 29.7. The summed E-state index contributed by atoms with van der Waals surface area (Å²) in [5, 5.41) is 5.43. The fourth-order valence-electron chi connectivity index (χ4n) is 3.87. The number of urea groups is 1. The first-order valence-corrected chi connectivity index (χ1v) is 13.5. The van der Waals surface area contributed by atoms with Crippen molar-refractivity contribution in [1.29, 1.82) is 0 Å². The van der Waals surface area contributed by atoms with Gasteiger partial charge in [0, 0.05) is 10.7 Å². The van der Waals surface area contributed by atoms with Crippen LogP contribution in [-0.4, -0.2) is 44.1 Å². The quantitative estimate of drug-likeness (QED) is 0.233. The lowest BCUT2D eigenvalue weighted by Gasteiger charge is -2.26. The van der Waals surface area contributed by atoms with E-state index in [1.165, 1.54) is 25.3 Å². The largest absolute Gasteiger partial charge is 0.497 e. The Balaban J connectivity index is 1.56. The van der Waals surface area contributed by atoms with Gasteiger partial charge in [-0.15, -0.1) is 0 Å². The Hall–Kier alpha value is -4.35. The van der Waals surface area contributed by atoms with Crippen molar-refractivity contribution in [2.24, 2.45) is 0 Å². The van der Waals surface area contributed by atoms with Crippen LogP contribution in [0.4, 0.5) is 16.2 Å². The molecule has 1 saturated heterocycles. The van der Waals surface area contributed by atoms with Crippen LogP contribution in [0.15, 0.2) is 64.6 Å². The highest BCUT2D eigenvalue weighted by molar-refractivity contribution is 9.10. The highest BCUT2D eigenvalue weighted by Gasteiger charge is 2.37. The van der Waals surface area contributed by atoms with Gasteiger partial charge in [-0.1, -0.05) is 17.7 Å². The lowest BCUT2D eigenvalue weighted by molar-refractivity contribution is -0.122. The van der Waals surface area contributed by atoms with Gasteiger partial charge in [-0.25, -0.2) is 9.69 Å². The number of rotatable bonds is 9. The van der Waals surface area contributed by atoms with Gasteiger partial charge < -0.3 is 19.5 Å². The molecule has 5 amide bonds. The van der Waals surface area contributed by atoms with Crippen molar-refractivity contribution in [3.63, 3.8) is 0 Å². The normalized spacial score (nSPS) is 14.1. The zero-order valence-electron chi connectivity index (χ0n) is 22.2. The number of hydrogen-bond donors (Lipinski definition) is 2. The van der Waals surface area contributed by atoms with Crippen LogP contribution in [0.3, 0.4) is 0 Å². The average molecular weight is 643 g/mol. The molecule has 3 aromatic carbocycles. The van der Waals surface area contributed by atoms with Gasteiger partial charge >= 0.3 is 6.03 Å². The number of nitrogens with one attached hydrogen (secondary N) is 2. The van der Waals surface area contributed by atoms with E-state index >= 15 is 0 Å². The molecule has 12 heteroatoms. The number of methoxy groups -OCH3 is 1. The molecule has 4 rings (SSSR count). The van der Waals surface area contributed by atoms with Gasteiger partial charge in [0.15, 0.2) is 18.1 Å². The number of carbonyl (C=O) groups excluding carboxylic acids is 4. The van der Waals surface area contributed by atoms with Crippen LogP contribution in [0.2, 0.25) is 5.02 Å². The second-order valence-corrected chi connectivity index (χ2v) is 9.98. The van der Waals surface area contributed by atoms with Crippen LogP contribution in [-0.2, 0) is 14.4 Å². The first-order valence-electron chi connectivity index (χ1n) is 12.3. The summed E-state index contributed by atoms with van der Waals surface area (Å²) < 4.78 is 17.0. The molecule has 41 heavy (non-hydrogen) atoms. The Morgan fingerprint density at radius 2 is 1.80 bits per heavy atom. The molecule has 0 radical (unpaired) electrons. The molecule has 1 heterocycles. The highest BCUT2D eigenvalue weighted by atomic mass is 79.9. The molecule has 1 aliphatic heterocycles. The minimum atomic E-state index is -0.867. The Morgan fingerprint density at radius 1 is 1.07 bits per heavy atom. The summed E-state index contributed by atoms with van der Waals surface area (Å²) in [6.07, 6.45) is 1.34. The summed E-state index contributed by atoms with van der Waals surface area (Å²) in [5.74, 6) is -0.998. The average Bonchev–Trinajstić information content (AvgIpc) is 2.93. The number of nitrogens with zero attached hydrogens (tertiary/aromatic N) is 1. The highest BCUT2D eigenvalue weighted by Crippen LogP contribution is 2.38. The number of anilines is 2. The first kappa shape index (κ1) is 29.6. The number of imide groups is 2. The van der Waals surface area contributed by atoms with Crippen molar-refractivity contribution in [2.45, 2.75) is 13.8 Å². The minimum absolute atomic E-state index is 0.251. The van der Waals surface area contributed by atoms with Crippen LogP contribution in [0.25, 0.3) is 6.08 Å². The van der Waals surface area contributed by atoms with Crippen molar-refractivity contribution in [2.75, 3.05) is 30.5 Å². The lowest BCUT2D eigenvalue weighted by Crippen LogP contribution is -2.54. The van der Waals surface area contributed by atoms with E-state index < -0.39 is 23.8 Å². The van der Waals surface area contributed by atoms with Crippen LogP contribution in [0.5, 0.6) is 17.2 Å². The second kappa shape index (κ2) is 12.9. The van der Waals surface area contributed by atoms with Gasteiger partial charge in [-0.2, -0.15) is 0 Å². The van der Waals surface area contributed by atoms with E-state index in [1.54, 1.807) is 49.4 Å².